The number of hydrogen-bond donors (Lipinski definition) is 4. The summed E-state index contributed by atoms with van der Waals surface area (Å²) in [5.74, 6) is -2.57. The Kier molecular flexibility index (Phi) is 14.0. The minimum absolute atomic E-state index is 0.00721. The second-order valence-electron chi connectivity index (χ2n) is 14.5. The SMILES string of the molecule is CC1C=C(F)C=C(c2cn(Cc3ccccc3)c([C@H](N(CC[C@H](N)C(=O)NNC(=O)CCCCCN3CC=CC3=O)C(=O)CO)C(C)(C)C)n2)C1F. The number of carbonyl (C=O) groups excluding carboxylic acids is 4. The van der Waals surface area contributed by atoms with Crippen LogP contribution in [0.4, 0.5) is 8.78 Å². The van der Waals surface area contributed by atoms with E-state index < -0.39 is 59.7 Å². The number of amides is 4. The largest absolute Gasteiger partial charge is 0.387 e. The van der Waals surface area contributed by atoms with Gasteiger partial charge in [0.05, 0.1) is 17.8 Å². The molecule has 0 saturated heterocycles. The molecule has 0 spiro atoms. The molecular formula is C38H51F2N7O5. The average Bonchev–Trinajstić information content (AvgIpc) is 3.71. The van der Waals surface area contributed by atoms with Gasteiger partial charge in [-0.05, 0) is 42.4 Å². The molecule has 2 heterocycles. The lowest BCUT2D eigenvalue weighted by Crippen LogP contribution is -2.51. The summed E-state index contributed by atoms with van der Waals surface area (Å²) in [6.07, 6.45) is 8.09. The number of hydrazine groups is 1. The van der Waals surface area contributed by atoms with Crippen LogP contribution in [0, 0.1) is 11.3 Å². The van der Waals surface area contributed by atoms with Crippen molar-refractivity contribution in [1.29, 1.82) is 0 Å². The number of aliphatic hydroxyl groups excluding tert-OH is 1. The highest BCUT2D eigenvalue weighted by Gasteiger charge is 2.39. The fourth-order valence-electron chi connectivity index (χ4n) is 6.43. The van der Waals surface area contributed by atoms with E-state index >= 15 is 4.39 Å². The lowest BCUT2D eigenvalue weighted by Gasteiger charge is -2.40. The lowest BCUT2D eigenvalue weighted by atomic mass is 9.84. The molecule has 282 valence electrons. The van der Waals surface area contributed by atoms with Crippen LogP contribution in [0.5, 0.6) is 0 Å². The number of nitrogens with one attached hydrogen (secondary N) is 2. The third-order valence-corrected chi connectivity index (χ3v) is 9.18. The van der Waals surface area contributed by atoms with Crippen LogP contribution in [0.25, 0.3) is 5.57 Å². The number of halogens is 2. The highest BCUT2D eigenvalue weighted by atomic mass is 19.1. The van der Waals surface area contributed by atoms with Gasteiger partial charge in [0.1, 0.15) is 24.4 Å². The predicted octanol–water partition coefficient (Wildman–Crippen LogP) is 3.89. The second-order valence-corrected chi connectivity index (χ2v) is 14.5. The number of rotatable bonds is 16. The smallest absolute Gasteiger partial charge is 0.255 e. The van der Waals surface area contributed by atoms with E-state index in [-0.39, 0.29) is 36.6 Å². The van der Waals surface area contributed by atoms with Crippen LogP contribution in [-0.4, -0.2) is 86.5 Å². The van der Waals surface area contributed by atoms with Gasteiger partial charge in [-0.3, -0.25) is 30.0 Å². The number of benzene rings is 1. The molecule has 4 amide bonds. The van der Waals surface area contributed by atoms with Gasteiger partial charge in [0.2, 0.25) is 17.7 Å². The Balaban J connectivity index is 1.46. The molecule has 1 aliphatic carbocycles. The maximum absolute atomic E-state index is 15.5. The first-order valence-electron chi connectivity index (χ1n) is 17.7. The zero-order valence-electron chi connectivity index (χ0n) is 30.4. The quantitative estimate of drug-likeness (QED) is 0.151. The predicted molar refractivity (Wildman–Crippen MR) is 193 cm³/mol. The Hall–Kier alpha value is -4.69. The number of carbonyl (C=O) groups is 4. The molecule has 0 saturated carbocycles. The van der Waals surface area contributed by atoms with Gasteiger partial charge in [-0.1, -0.05) is 70.5 Å². The maximum Gasteiger partial charge on any atom is 0.255 e. The summed E-state index contributed by atoms with van der Waals surface area (Å²) < 4.78 is 31.8. The van der Waals surface area contributed by atoms with Gasteiger partial charge in [0, 0.05) is 56.4 Å². The highest BCUT2D eigenvalue weighted by molar-refractivity contribution is 5.90. The first kappa shape index (κ1) is 40.1. The number of allylic oxidation sites excluding steroid dienone is 4. The van der Waals surface area contributed by atoms with Crippen molar-refractivity contribution in [2.45, 2.75) is 84.6 Å². The van der Waals surface area contributed by atoms with E-state index in [1.54, 1.807) is 28.7 Å². The molecule has 1 aliphatic heterocycles. The summed E-state index contributed by atoms with van der Waals surface area (Å²) in [4.78, 5) is 58.3. The maximum atomic E-state index is 15.5. The Morgan fingerprint density at radius 3 is 2.52 bits per heavy atom. The molecule has 14 heteroatoms. The summed E-state index contributed by atoms with van der Waals surface area (Å²) in [5, 5.41) is 10.1. The number of alkyl halides is 1. The van der Waals surface area contributed by atoms with Gasteiger partial charge >= 0.3 is 0 Å². The lowest BCUT2D eigenvalue weighted by molar-refractivity contribution is -0.140. The van der Waals surface area contributed by atoms with Crippen molar-refractivity contribution in [3.63, 3.8) is 0 Å². The van der Waals surface area contributed by atoms with Crippen LogP contribution >= 0.6 is 0 Å². The Bertz CT molecular complexity index is 1670. The van der Waals surface area contributed by atoms with Crippen molar-refractivity contribution in [2.75, 3.05) is 26.2 Å². The van der Waals surface area contributed by atoms with Crippen molar-refractivity contribution in [3.8, 4) is 0 Å². The van der Waals surface area contributed by atoms with Crippen LogP contribution < -0.4 is 16.6 Å². The van der Waals surface area contributed by atoms with E-state index in [0.717, 1.165) is 24.5 Å². The molecule has 2 aromatic rings. The molecule has 4 atom stereocenters. The minimum Gasteiger partial charge on any atom is -0.387 e. The highest BCUT2D eigenvalue weighted by Crippen LogP contribution is 2.40. The first-order chi connectivity index (χ1) is 24.7. The van der Waals surface area contributed by atoms with Crippen molar-refractivity contribution in [3.05, 3.63) is 83.7 Å². The van der Waals surface area contributed by atoms with Gasteiger partial charge < -0.3 is 25.2 Å². The monoisotopic (exact) mass is 723 g/mol. The first-order valence-corrected chi connectivity index (χ1v) is 17.7. The molecule has 0 fully saturated rings. The molecule has 1 aromatic carbocycles. The summed E-state index contributed by atoms with van der Waals surface area (Å²) >= 11 is 0. The van der Waals surface area contributed by atoms with Crippen LogP contribution in [0.2, 0.25) is 0 Å². The third kappa shape index (κ3) is 10.7. The number of unbranched alkanes of at least 4 members (excludes halogenated alkanes) is 2. The zero-order valence-corrected chi connectivity index (χ0v) is 30.4. The van der Waals surface area contributed by atoms with E-state index in [9.17, 15) is 28.7 Å². The number of hydrogen-bond acceptors (Lipinski definition) is 7. The second kappa shape index (κ2) is 18.2. The third-order valence-electron chi connectivity index (χ3n) is 9.18. The van der Waals surface area contributed by atoms with E-state index in [0.29, 0.717) is 31.9 Å². The zero-order chi connectivity index (χ0) is 38.0. The van der Waals surface area contributed by atoms with Gasteiger partial charge in [-0.15, -0.1) is 0 Å². The molecule has 5 N–H and O–H groups in total. The summed E-state index contributed by atoms with van der Waals surface area (Å²) in [5.41, 5.74) is 11.5. The van der Waals surface area contributed by atoms with Crippen molar-refractivity contribution < 1.29 is 33.1 Å². The van der Waals surface area contributed by atoms with Crippen LogP contribution in [-0.2, 0) is 25.7 Å². The molecule has 2 aliphatic rings. The van der Waals surface area contributed by atoms with Gasteiger partial charge in [-0.25, -0.2) is 13.8 Å². The van der Waals surface area contributed by atoms with Gasteiger partial charge in [0.15, 0.2) is 0 Å². The summed E-state index contributed by atoms with van der Waals surface area (Å²) in [7, 11) is 0. The fraction of sp³-hybridized carbons (Fsp3) is 0.500. The number of aliphatic hydroxyl groups is 1. The van der Waals surface area contributed by atoms with Crippen LogP contribution in [0.15, 0.2) is 66.7 Å². The molecule has 2 unspecified atom stereocenters. The normalized spacial score (nSPS) is 18.5. The van der Waals surface area contributed by atoms with E-state index in [1.165, 1.54) is 11.0 Å². The number of nitrogens with two attached hydrogens (primary N) is 1. The number of imidazole rings is 1. The Morgan fingerprint density at radius 1 is 1.13 bits per heavy atom. The van der Waals surface area contributed by atoms with Crippen LogP contribution in [0.1, 0.15) is 82.9 Å². The molecule has 0 radical (unpaired) electrons. The molecule has 52 heavy (non-hydrogen) atoms. The van der Waals surface area contributed by atoms with Crippen LogP contribution in [0.3, 0.4) is 0 Å². The topological polar surface area (TPSA) is 163 Å². The Morgan fingerprint density at radius 2 is 1.87 bits per heavy atom. The van der Waals surface area contributed by atoms with Gasteiger partial charge in [-0.2, -0.15) is 0 Å². The Labute approximate surface area is 303 Å². The molecule has 1 aromatic heterocycles. The summed E-state index contributed by atoms with van der Waals surface area (Å²) in [6, 6.07) is 7.56. The van der Waals surface area contributed by atoms with E-state index in [1.807, 2.05) is 57.2 Å². The molecule has 4 rings (SSSR count). The average molecular weight is 724 g/mol. The molecular weight excluding hydrogens is 672 g/mol. The minimum atomic E-state index is -1.50. The van der Waals surface area contributed by atoms with Crippen molar-refractivity contribution in [2.24, 2.45) is 17.1 Å². The van der Waals surface area contributed by atoms with E-state index in [4.69, 9.17) is 10.7 Å². The number of aromatic nitrogens is 2. The summed E-state index contributed by atoms with van der Waals surface area (Å²) in [6.45, 7) is 7.91. The number of nitrogens with zero attached hydrogens (tertiary/aromatic N) is 4. The van der Waals surface area contributed by atoms with Crippen molar-refractivity contribution in [1.82, 2.24) is 30.2 Å². The molecule has 12 nitrogen and oxygen atoms in total. The molecule has 0 bridgehead atoms. The van der Waals surface area contributed by atoms with Gasteiger partial charge in [0.25, 0.3) is 5.91 Å². The van der Waals surface area contributed by atoms with E-state index in [2.05, 4.69) is 10.9 Å². The fourth-order valence-corrected chi connectivity index (χ4v) is 6.43. The standard InChI is InChI=1S/C38H51F2N7O5/c1-25-20-27(39)21-28(34(25)40)30-23-46(22-26-12-7-5-8-13-26)36(42-30)35(38(2,3)4)47(33(51)24-48)19-16-29(41)37(52)44-43-31(49)14-9-6-10-17-45-18-11-15-32(45)50/h5,7-8,11-13,15,20-21,23,25,29,34-35,48H,6,9-10,14,16-19,22,24,41H2,1-4H3,(H,43,49)(H,44,52)/t25?,29-,34?,35-/m0/s1. The van der Waals surface area contributed by atoms with Crippen molar-refractivity contribution >= 4 is 29.2 Å².